The van der Waals surface area contributed by atoms with Crippen LogP contribution in [0.25, 0.3) is 0 Å². The Kier molecular flexibility index (Phi) is 7.80. The van der Waals surface area contributed by atoms with E-state index in [4.69, 9.17) is 16.3 Å². The zero-order chi connectivity index (χ0) is 16.6. The molecule has 0 spiro atoms. The average Bonchev–Trinajstić information content (AvgIpc) is 2.63. The summed E-state index contributed by atoms with van der Waals surface area (Å²) in [6.07, 6.45) is 0. The molecule has 1 N–H and O–H groups in total. The molecule has 0 aliphatic carbocycles. The van der Waals surface area contributed by atoms with E-state index in [2.05, 4.69) is 35.6 Å². The van der Waals surface area contributed by atoms with Gasteiger partial charge in [0, 0.05) is 29.2 Å². The predicted octanol–water partition coefficient (Wildman–Crippen LogP) is 5.63. The van der Waals surface area contributed by atoms with Crippen molar-refractivity contribution >= 4 is 24.0 Å². The Balaban J connectivity index is 0.00000225. The number of para-hydroxylation sites is 1. The molecule has 0 aliphatic heterocycles. The number of benzene rings is 3. The van der Waals surface area contributed by atoms with Gasteiger partial charge in [-0.25, -0.2) is 0 Å². The van der Waals surface area contributed by atoms with Gasteiger partial charge in [0.25, 0.3) is 0 Å². The van der Waals surface area contributed by atoms with E-state index < -0.39 is 0 Å². The Hall–Kier alpha value is -2.00. The van der Waals surface area contributed by atoms with Gasteiger partial charge in [0.05, 0.1) is 0 Å². The third-order valence-electron chi connectivity index (χ3n) is 3.80. The lowest BCUT2D eigenvalue weighted by Gasteiger charge is -2.13. The molecule has 3 aromatic carbocycles. The molecule has 0 heterocycles. The fourth-order valence-corrected chi connectivity index (χ4v) is 2.69. The molecule has 0 amide bonds. The van der Waals surface area contributed by atoms with E-state index in [-0.39, 0.29) is 12.4 Å². The van der Waals surface area contributed by atoms with E-state index in [0.29, 0.717) is 6.61 Å². The molecule has 130 valence electrons. The second-order valence-corrected chi connectivity index (χ2v) is 5.98. The van der Waals surface area contributed by atoms with Crippen molar-refractivity contribution in [2.24, 2.45) is 0 Å². The van der Waals surface area contributed by atoms with Crippen molar-refractivity contribution in [3.63, 3.8) is 0 Å². The molecule has 0 aliphatic rings. The first-order valence-corrected chi connectivity index (χ1v) is 8.39. The SMILES string of the molecule is Cl.Clc1ccccc1COc1ccccc1CNCc1ccccc1. The number of ether oxygens (including phenoxy) is 1. The lowest BCUT2D eigenvalue weighted by molar-refractivity contribution is 0.302. The largest absolute Gasteiger partial charge is 0.489 e. The van der Waals surface area contributed by atoms with E-state index in [1.165, 1.54) is 5.56 Å². The summed E-state index contributed by atoms with van der Waals surface area (Å²) in [6.45, 7) is 2.06. The summed E-state index contributed by atoms with van der Waals surface area (Å²) in [4.78, 5) is 0. The number of nitrogens with one attached hydrogen (secondary N) is 1. The number of hydrogen-bond donors (Lipinski definition) is 1. The van der Waals surface area contributed by atoms with Crippen molar-refractivity contribution in [1.82, 2.24) is 5.32 Å². The molecule has 4 heteroatoms. The van der Waals surface area contributed by atoms with Gasteiger partial charge in [-0.05, 0) is 17.7 Å². The van der Waals surface area contributed by atoms with Gasteiger partial charge < -0.3 is 10.1 Å². The second kappa shape index (κ2) is 10.1. The molecular weight excluding hydrogens is 353 g/mol. The first-order chi connectivity index (χ1) is 11.8. The molecule has 0 fully saturated rings. The highest BCUT2D eigenvalue weighted by Gasteiger charge is 2.05. The Morgan fingerprint density at radius 2 is 1.36 bits per heavy atom. The van der Waals surface area contributed by atoms with Gasteiger partial charge in [-0.15, -0.1) is 12.4 Å². The van der Waals surface area contributed by atoms with Gasteiger partial charge in [0.1, 0.15) is 12.4 Å². The van der Waals surface area contributed by atoms with Crippen LogP contribution in [0.4, 0.5) is 0 Å². The minimum absolute atomic E-state index is 0. The summed E-state index contributed by atoms with van der Waals surface area (Å²) in [6, 6.07) is 26.2. The van der Waals surface area contributed by atoms with Crippen LogP contribution in [0.1, 0.15) is 16.7 Å². The maximum atomic E-state index is 6.19. The van der Waals surface area contributed by atoms with Crippen LogP contribution in [0.3, 0.4) is 0 Å². The molecule has 2 nitrogen and oxygen atoms in total. The normalized spacial score (nSPS) is 10.1. The van der Waals surface area contributed by atoms with Crippen LogP contribution in [0.15, 0.2) is 78.9 Å². The van der Waals surface area contributed by atoms with Gasteiger partial charge in [-0.2, -0.15) is 0 Å². The molecule has 3 aromatic rings. The third kappa shape index (κ3) is 5.79. The van der Waals surface area contributed by atoms with Crippen LogP contribution in [0.2, 0.25) is 5.02 Å². The lowest BCUT2D eigenvalue weighted by Crippen LogP contribution is -2.13. The molecule has 3 rings (SSSR count). The first-order valence-electron chi connectivity index (χ1n) is 8.01. The highest BCUT2D eigenvalue weighted by atomic mass is 35.5. The van der Waals surface area contributed by atoms with E-state index in [1.807, 2.05) is 48.5 Å². The van der Waals surface area contributed by atoms with Crippen LogP contribution < -0.4 is 10.1 Å². The Morgan fingerprint density at radius 3 is 2.12 bits per heavy atom. The molecule has 25 heavy (non-hydrogen) atoms. The van der Waals surface area contributed by atoms with Crippen molar-refractivity contribution < 1.29 is 4.74 Å². The summed E-state index contributed by atoms with van der Waals surface area (Å²) >= 11 is 6.19. The zero-order valence-electron chi connectivity index (χ0n) is 13.8. The molecule has 0 bridgehead atoms. The van der Waals surface area contributed by atoms with Crippen LogP contribution in [0.5, 0.6) is 5.75 Å². The van der Waals surface area contributed by atoms with E-state index in [9.17, 15) is 0 Å². The molecule has 0 unspecified atom stereocenters. The summed E-state index contributed by atoms with van der Waals surface area (Å²) in [5.41, 5.74) is 3.40. The van der Waals surface area contributed by atoms with Gasteiger partial charge in [0.2, 0.25) is 0 Å². The third-order valence-corrected chi connectivity index (χ3v) is 4.17. The summed E-state index contributed by atoms with van der Waals surface area (Å²) in [5, 5.41) is 4.20. The van der Waals surface area contributed by atoms with Crippen LogP contribution in [0, 0.1) is 0 Å². The number of halogens is 2. The number of rotatable bonds is 7. The van der Waals surface area contributed by atoms with Gasteiger partial charge >= 0.3 is 0 Å². The van der Waals surface area contributed by atoms with Gasteiger partial charge in [-0.3, -0.25) is 0 Å². The lowest BCUT2D eigenvalue weighted by atomic mass is 10.2. The minimum atomic E-state index is 0. The molecule has 0 atom stereocenters. The summed E-state index contributed by atoms with van der Waals surface area (Å²) in [7, 11) is 0. The summed E-state index contributed by atoms with van der Waals surface area (Å²) in [5.74, 6) is 0.887. The fraction of sp³-hybridized carbons (Fsp3) is 0.143. The average molecular weight is 374 g/mol. The van der Waals surface area contributed by atoms with Crippen molar-refractivity contribution in [2.45, 2.75) is 19.7 Å². The van der Waals surface area contributed by atoms with E-state index >= 15 is 0 Å². The predicted molar refractivity (Wildman–Crippen MR) is 106 cm³/mol. The second-order valence-electron chi connectivity index (χ2n) is 5.58. The van der Waals surface area contributed by atoms with Crippen LogP contribution in [-0.2, 0) is 19.7 Å². The van der Waals surface area contributed by atoms with Crippen LogP contribution in [-0.4, -0.2) is 0 Å². The highest BCUT2D eigenvalue weighted by molar-refractivity contribution is 6.31. The summed E-state index contributed by atoms with van der Waals surface area (Å²) < 4.78 is 5.98. The smallest absolute Gasteiger partial charge is 0.124 e. The molecular formula is C21H21Cl2NO. The Bertz CT molecular complexity index is 778. The van der Waals surface area contributed by atoms with Crippen molar-refractivity contribution in [1.29, 1.82) is 0 Å². The monoisotopic (exact) mass is 373 g/mol. The van der Waals surface area contributed by atoms with E-state index in [1.54, 1.807) is 0 Å². The highest BCUT2D eigenvalue weighted by Crippen LogP contribution is 2.22. The van der Waals surface area contributed by atoms with Crippen molar-refractivity contribution in [2.75, 3.05) is 0 Å². The molecule has 0 saturated heterocycles. The van der Waals surface area contributed by atoms with E-state index in [0.717, 1.165) is 35.0 Å². The van der Waals surface area contributed by atoms with Crippen molar-refractivity contribution in [3.8, 4) is 5.75 Å². The zero-order valence-corrected chi connectivity index (χ0v) is 15.4. The quantitative estimate of drug-likeness (QED) is 0.579. The minimum Gasteiger partial charge on any atom is -0.489 e. The maximum absolute atomic E-state index is 6.19. The Morgan fingerprint density at radius 1 is 0.720 bits per heavy atom. The molecule has 0 aromatic heterocycles. The topological polar surface area (TPSA) is 21.3 Å². The maximum Gasteiger partial charge on any atom is 0.124 e. The molecule has 0 saturated carbocycles. The fourth-order valence-electron chi connectivity index (χ4n) is 2.50. The standard InChI is InChI=1S/C21H20ClNO.ClH/c22-20-12-6-4-11-19(20)16-24-21-13-7-5-10-18(21)15-23-14-17-8-2-1-3-9-17;/h1-13,23H,14-16H2;1H. The van der Waals surface area contributed by atoms with Gasteiger partial charge in [0.15, 0.2) is 0 Å². The van der Waals surface area contributed by atoms with Crippen LogP contribution >= 0.6 is 24.0 Å². The van der Waals surface area contributed by atoms with Gasteiger partial charge in [-0.1, -0.05) is 78.3 Å². The van der Waals surface area contributed by atoms with Crippen molar-refractivity contribution in [3.05, 3.63) is 101 Å². The Labute approximate surface area is 160 Å². The first kappa shape index (κ1) is 19.3. The number of hydrogen-bond acceptors (Lipinski definition) is 2. The molecule has 0 radical (unpaired) electrons.